The van der Waals surface area contributed by atoms with E-state index < -0.39 is 0 Å². The number of hydrazone groups is 1. The van der Waals surface area contributed by atoms with Gasteiger partial charge in [0.2, 0.25) is 5.91 Å². The second-order valence-corrected chi connectivity index (χ2v) is 6.14. The minimum Gasteiger partial charge on any atom is -0.272 e. The van der Waals surface area contributed by atoms with Crippen molar-refractivity contribution in [3.05, 3.63) is 78.1 Å². The van der Waals surface area contributed by atoms with E-state index in [4.69, 9.17) is 0 Å². The molecule has 0 radical (unpaired) electrons. The third kappa shape index (κ3) is 4.20. The van der Waals surface area contributed by atoms with Crippen LogP contribution in [0, 0.1) is 5.82 Å². The van der Waals surface area contributed by atoms with Crippen LogP contribution in [0.4, 0.5) is 4.39 Å². The van der Waals surface area contributed by atoms with Gasteiger partial charge in [0.05, 0.1) is 12.0 Å². The Kier molecular flexibility index (Phi) is 5.23. The van der Waals surface area contributed by atoms with Crippen molar-refractivity contribution in [2.45, 2.75) is 4.90 Å². The van der Waals surface area contributed by atoms with E-state index in [1.54, 1.807) is 24.4 Å². The number of amides is 1. The molecule has 0 aliphatic rings. The number of fused-ring (bicyclic) bond motifs is 1. The number of halogens is 1. The Morgan fingerprint density at radius 1 is 1.04 bits per heavy atom. The smallest absolute Gasteiger partial charge is 0.250 e. The van der Waals surface area contributed by atoms with Gasteiger partial charge in [-0.3, -0.25) is 4.79 Å². The van der Waals surface area contributed by atoms with Gasteiger partial charge in [-0.15, -0.1) is 11.8 Å². The zero-order valence-corrected chi connectivity index (χ0v) is 13.6. The van der Waals surface area contributed by atoms with E-state index in [9.17, 15) is 9.18 Å². The lowest BCUT2D eigenvalue weighted by Crippen LogP contribution is -2.19. The Morgan fingerprint density at radius 3 is 2.62 bits per heavy atom. The average molecular weight is 338 g/mol. The number of carbonyl (C=O) groups is 1. The molecular weight excluding hydrogens is 323 g/mol. The van der Waals surface area contributed by atoms with Crippen molar-refractivity contribution in [3.63, 3.8) is 0 Å². The maximum atomic E-state index is 13.5. The number of benzene rings is 3. The first-order chi connectivity index (χ1) is 11.7. The number of hydrogen-bond acceptors (Lipinski definition) is 3. The predicted molar refractivity (Wildman–Crippen MR) is 96.8 cm³/mol. The summed E-state index contributed by atoms with van der Waals surface area (Å²) in [6, 6.07) is 20.3. The molecule has 1 amide bonds. The highest BCUT2D eigenvalue weighted by Crippen LogP contribution is 2.20. The molecular formula is C19H15FN2OS. The van der Waals surface area contributed by atoms with Crippen LogP contribution in [0.25, 0.3) is 10.8 Å². The number of hydrogen-bond donors (Lipinski definition) is 1. The van der Waals surface area contributed by atoms with Crippen LogP contribution in [0.2, 0.25) is 0 Å². The second-order valence-electron chi connectivity index (χ2n) is 5.12. The summed E-state index contributed by atoms with van der Waals surface area (Å²) in [4.78, 5) is 12.2. The molecule has 120 valence electrons. The molecule has 0 aromatic heterocycles. The fraction of sp³-hybridized carbons (Fsp3) is 0.0526. The molecule has 0 unspecified atom stereocenters. The van der Waals surface area contributed by atoms with E-state index in [0.29, 0.717) is 4.90 Å². The largest absolute Gasteiger partial charge is 0.272 e. The first-order valence-corrected chi connectivity index (χ1v) is 8.39. The topological polar surface area (TPSA) is 41.5 Å². The van der Waals surface area contributed by atoms with Crippen LogP contribution in [0.3, 0.4) is 0 Å². The maximum Gasteiger partial charge on any atom is 0.250 e. The lowest BCUT2D eigenvalue weighted by Gasteiger charge is -2.02. The molecule has 3 nitrogen and oxygen atoms in total. The van der Waals surface area contributed by atoms with Gasteiger partial charge in [-0.05, 0) is 34.5 Å². The summed E-state index contributed by atoms with van der Waals surface area (Å²) >= 11 is 1.14. The van der Waals surface area contributed by atoms with Crippen molar-refractivity contribution >= 4 is 34.7 Å². The van der Waals surface area contributed by atoms with Crippen LogP contribution < -0.4 is 5.43 Å². The normalized spacial score (nSPS) is 11.0. The van der Waals surface area contributed by atoms with E-state index in [0.717, 1.165) is 28.1 Å². The quantitative estimate of drug-likeness (QED) is 0.430. The van der Waals surface area contributed by atoms with Crippen molar-refractivity contribution in [3.8, 4) is 0 Å². The maximum absolute atomic E-state index is 13.5. The Balaban J connectivity index is 1.55. The van der Waals surface area contributed by atoms with E-state index in [1.807, 2.05) is 42.5 Å². The third-order valence-corrected chi connectivity index (χ3v) is 4.42. The fourth-order valence-electron chi connectivity index (χ4n) is 2.20. The van der Waals surface area contributed by atoms with Gasteiger partial charge >= 0.3 is 0 Å². The van der Waals surface area contributed by atoms with Crippen molar-refractivity contribution < 1.29 is 9.18 Å². The van der Waals surface area contributed by atoms with Gasteiger partial charge in [0.1, 0.15) is 5.82 Å². The number of carbonyl (C=O) groups excluding carboxylic acids is 1. The van der Waals surface area contributed by atoms with Crippen molar-refractivity contribution in [2.75, 3.05) is 5.75 Å². The molecule has 0 spiro atoms. The standard InChI is InChI=1S/C19H15FN2OS/c20-17-7-3-4-8-18(17)24-13-19(23)22-21-12-14-9-10-15-5-1-2-6-16(15)11-14/h1-12H,13H2,(H,22,23)/b21-12-. The second kappa shape index (κ2) is 7.75. The molecule has 1 N–H and O–H groups in total. The highest BCUT2D eigenvalue weighted by Gasteiger charge is 2.05. The molecule has 24 heavy (non-hydrogen) atoms. The average Bonchev–Trinajstić information content (AvgIpc) is 2.61. The number of nitrogens with zero attached hydrogens (tertiary/aromatic N) is 1. The van der Waals surface area contributed by atoms with Crippen LogP contribution in [0.5, 0.6) is 0 Å². The Bertz CT molecular complexity index is 895. The van der Waals surface area contributed by atoms with Gasteiger partial charge in [0.25, 0.3) is 0 Å². The first kappa shape index (κ1) is 16.2. The van der Waals surface area contributed by atoms with Crippen LogP contribution >= 0.6 is 11.8 Å². The number of nitrogens with one attached hydrogen (secondary N) is 1. The monoisotopic (exact) mass is 338 g/mol. The van der Waals surface area contributed by atoms with Crippen molar-refractivity contribution in [1.29, 1.82) is 0 Å². The number of rotatable bonds is 5. The van der Waals surface area contributed by atoms with E-state index >= 15 is 0 Å². The predicted octanol–water partition coefficient (Wildman–Crippen LogP) is 4.22. The summed E-state index contributed by atoms with van der Waals surface area (Å²) in [7, 11) is 0. The van der Waals surface area contributed by atoms with Gasteiger partial charge < -0.3 is 0 Å². The lowest BCUT2D eigenvalue weighted by molar-refractivity contribution is -0.118. The summed E-state index contributed by atoms with van der Waals surface area (Å²) in [6.45, 7) is 0. The Morgan fingerprint density at radius 2 is 1.79 bits per heavy atom. The van der Waals surface area contributed by atoms with Crippen LogP contribution in [-0.4, -0.2) is 17.9 Å². The van der Waals surface area contributed by atoms with Gasteiger partial charge in [0.15, 0.2) is 0 Å². The third-order valence-electron chi connectivity index (χ3n) is 3.37. The fourth-order valence-corrected chi connectivity index (χ4v) is 2.94. The minimum atomic E-state index is -0.324. The molecule has 0 fully saturated rings. The van der Waals surface area contributed by atoms with E-state index in [-0.39, 0.29) is 17.5 Å². The molecule has 0 saturated carbocycles. The Hall–Kier alpha value is -2.66. The number of thioether (sulfide) groups is 1. The van der Waals surface area contributed by atoms with Crippen LogP contribution in [0.1, 0.15) is 5.56 Å². The zero-order valence-electron chi connectivity index (χ0n) is 12.8. The molecule has 0 bridgehead atoms. The van der Waals surface area contributed by atoms with Crippen LogP contribution in [-0.2, 0) is 4.79 Å². The highest BCUT2D eigenvalue weighted by molar-refractivity contribution is 8.00. The molecule has 0 aliphatic heterocycles. The summed E-state index contributed by atoms with van der Waals surface area (Å²) in [5.41, 5.74) is 3.35. The summed E-state index contributed by atoms with van der Waals surface area (Å²) < 4.78 is 13.5. The molecule has 5 heteroatoms. The zero-order chi connectivity index (χ0) is 16.8. The molecule has 0 atom stereocenters. The highest BCUT2D eigenvalue weighted by atomic mass is 32.2. The van der Waals surface area contributed by atoms with Crippen LogP contribution in [0.15, 0.2) is 76.7 Å². The van der Waals surface area contributed by atoms with Gasteiger partial charge in [0, 0.05) is 4.90 Å². The van der Waals surface area contributed by atoms with Gasteiger partial charge in [-0.25, -0.2) is 9.82 Å². The Labute approximate surface area is 143 Å². The van der Waals surface area contributed by atoms with Crippen molar-refractivity contribution in [1.82, 2.24) is 5.43 Å². The molecule has 3 aromatic rings. The summed E-state index contributed by atoms with van der Waals surface area (Å²) in [5, 5.41) is 6.22. The van der Waals surface area contributed by atoms with E-state index in [2.05, 4.69) is 10.5 Å². The van der Waals surface area contributed by atoms with E-state index in [1.165, 1.54) is 6.07 Å². The molecule has 3 aromatic carbocycles. The summed E-state index contributed by atoms with van der Waals surface area (Å²) in [5.74, 6) is -0.494. The molecule has 0 saturated heterocycles. The molecule has 0 heterocycles. The summed E-state index contributed by atoms with van der Waals surface area (Å²) in [6.07, 6.45) is 1.60. The van der Waals surface area contributed by atoms with Crippen molar-refractivity contribution in [2.24, 2.45) is 5.10 Å². The molecule has 0 aliphatic carbocycles. The van der Waals surface area contributed by atoms with Gasteiger partial charge in [-0.2, -0.15) is 5.10 Å². The molecule has 3 rings (SSSR count). The first-order valence-electron chi connectivity index (χ1n) is 7.40. The van der Waals surface area contributed by atoms with Gasteiger partial charge in [-0.1, -0.05) is 48.5 Å². The SMILES string of the molecule is O=C(CSc1ccccc1F)N/N=C\c1ccc2ccccc2c1. The minimum absolute atomic E-state index is 0.107. The lowest BCUT2D eigenvalue weighted by atomic mass is 10.1.